The third kappa shape index (κ3) is 6.05. The fourth-order valence-corrected chi connectivity index (χ4v) is 3.90. The van der Waals surface area contributed by atoms with Gasteiger partial charge in [0, 0.05) is 27.2 Å². The van der Waals surface area contributed by atoms with Gasteiger partial charge in [0.1, 0.15) is 0 Å². The number of hydrogen-bond acceptors (Lipinski definition) is 4. The Bertz CT molecular complexity index is 347. The first-order valence-corrected chi connectivity index (χ1v) is 8.21. The Kier molecular flexibility index (Phi) is 10.7. The summed E-state index contributed by atoms with van der Waals surface area (Å²) in [5.41, 5.74) is -0.310. The molecule has 0 spiro atoms. The van der Waals surface area contributed by atoms with E-state index in [1.807, 2.05) is 11.9 Å². The molecular formula is C16H33Cl2N3O2. The molecule has 7 heteroatoms. The summed E-state index contributed by atoms with van der Waals surface area (Å²) in [6.45, 7) is 5.54. The third-order valence-corrected chi connectivity index (χ3v) is 5.04. The molecule has 1 unspecified atom stereocenters. The molecule has 0 aromatic heterocycles. The topological polar surface area (TPSA) is 44.8 Å². The van der Waals surface area contributed by atoms with Crippen LogP contribution in [0, 0.1) is 11.3 Å². The van der Waals surface area contributed by atoms with Crippen LogP contribution in [0.4, 0.5) is 0 Å². The van der Waals surface area contributed by atoms with Gasteiger partial charge in [-0.15, -0.1) is 24.8 Å². The minimum Gasteiger partial charge on any atom is -0.384 e. The number of halogens is 2. The van der Waals surface area contributed by atoms with E-state index in [2.05, 4.69) is 17.3 Å². The maximum absolute atomic E-state index is 13.0. The van der Waals surface area contributed by atoms with Crippen LogP contribution in [0.15, 0.2) is 0 Å². The summed E-state index contributed by atoms with van der Waals surface area (Å²) in [7, 11) is 5.84. The van der Waals surface area contributed by atoms with Gasteiger partial charge in [0.05, 0.1) is 12.0 Å². The monoisotopic (exact) mass is 369 g/mol. The van der Waals surface area contributed by atoms with Crippen molar-refractivity contribution in [3.63, 3.8) is 0 Å². The van der Waals surface area contributed by atoms with Crippen LogP contribution in [0.5, 0.6) is 0 Å². The molecule has 138 valence electrons. The van der Waals surface area contributed by atoms with Gasteiger partial charge in [-0.3, -0.25) is 4.79 Å². The Morgan fingerprint density at radius 1 is 1.35 bits per heavy atom. The van der Waals surface area contributed by atoms with Crippen LogP contribution in [0.3, 0.4) is 0 Å². The van der Waals surface area contributed by atoms with Crippen molar-refractivity contribution in [1.29, 1.82) is 0 Å². The summed E-state index contributed by atoms with van der Waals surface area (Å²) in [5.74, 6) is 0.887. The first kappa shape index (κ1) is 22.9. The second kappa shape index (κ2) is 10.7. The van der Waals surface area contributed by atoms with E-state index in [4.69, 9.17) is 4.74 Å². The van der Waals surface area contributed by atoms with Gasteiger partial charge in [0.15, 0.2) is 0 Å². The molecule has 1 amide bonds. The fourth-order valence-electron chi connectivity index (χ4n) is 3.90. The summed E-state index contributed by atoms with van der Waals surface area (Å²) in [6, 6.07) is 0. The van der Waals surface area contributed by atoms with Crippen LogP contribution in [-0.2, 0) is 9.53 Å². The van der Waals surface area contributed by atoms with Crippen molar-refractivity contribution in [2.45, 2.75) is 25.7 Å². The van der Waals surface area contributed by atoms with Crippen molar-refractivity contribution in [1.82, 2.24) is 15.1 Å². The van der Waals surface area contributed by atoms with Crippen molar-refractivity contribution in [2.24, 2.45) is 11.3 Å². The van der Waals surface area contributed by atoms with Gasteiger partial charge >= 0.3 is 0 Å². The lowest BCUT2D eigenvalue weighted by Crippen LogP contribution is -2.52. The van der Waals surface area contributed by atoms with Crippen molar-refractivity contribution in [3.8, 4) is 0 Å². The predicted octanol–water partition coefficient (Wildman–Crippen LogP) is 1.65. The van der Waals surface area contributed by atoms with E-state index in [9.17, 15) is 4.79 Å². The van der Waals surface area contributed by atoms with Gasteiger partial charge in [-0.2, -0.15) is 0 Å². The molecule has 2 saturated heterocycles. The summed E-state index contributed by atoms with van der Waals surface area (Å²) >= 11 is 0. The Labute approximate surface area is 153 Å². The maximum Gasteiger partial charge on any atom is 0.230 e. The highest BCUT2D eigenvalue weighted by Crippen LogP contribution is 2.32. The second-order valence-corrected chi connectivity index (χ2v) is 6.92. The number of amides is 1. The van der Waals surface area contributed by atoms with Gasteiger partial charge in [-0.1, -0.05) is 0 Å². The molecule has 0 aromatic rings. The van der Waals surface area contributed by atoms with E-state index < -0.39 is 0 Å². The molecule has 0 radical (unpaired) electrons. The molecule has 5 nitrogen and oxygen atoms in total. The van der Waals surface area contributed by atoms with Crippen LogP contribution in [0.2, 0.25) is 0 Å². The second-order valence-electron chi connectivity index (χ2n) is 6.92. The molecular weight excluding hydrogens is 337 g/mol. The molecule has 2 fully saturated rings. The van der Waals surface area contributed by atoms with Crippen LogP contribution in [0.1, 0.15) is 25.7 Å². The van der Waals surface area contributed by atoms with Crippen LogP contribution in [-0.4, -0.2) is 76.2 Å². The largest absolute Gasteiger partial charge is 0.384 e. The Balaban J connectivity index is 0.00000242. The molecule has 0 aliphatic carbocycles. The zero-order valence-corrected chi connectivity index (χ0v) is 16.3. The smallest absolute Gasteiger partial charge is 0.230 e. The average molecular weight is 370 g/mol. The first-order chi connectivity index (χ1) is 10.1. The maximum atomic E-state index is 13.0. The van der Waals surface area contributed by atoms with E-state index in [0.29, 0.717) is 12.5 Å². The zero-order chi connectivity index (χ0) is 15.3. The van der Waals surface area contributed by atoms with Gasteiger partial charge in [0.2, 0.25) is 5.91 Å². The number of nitrogens with zero attached hydrogens (tertiary/aromatic N) is 2. The normalized spacial score (nSPS) is 24.2. The highest BCUT2D eigenvalue weighted by Gasteiger charge is 2.41. The average Bonchev–Trinajstić information content (AvgIpc) is 2.47. The van der Waals surface area contributed by atoms with E-state index in [1.54, 1.807) is 7.11 Å². The lowest BCUT2D eigenvalue weighted by atomic mass is 9.78. The van der Waals surface area contributed by atoms with E-state index in [1.165, 1.54) is 19.4 Å². The zero-order valence-electron chi connectivity index (χ0n) is 14.7. The number of nitrogens with one attached hydrogen (secondary N) is 1. The first-order valence-electron chi connectivity index (χ1n) is 8.21. The molecule has 1 atom stereocenters. The number of hydrogen-bond donors (Lipinski definition) is 1. The number of rotatable bonds is 5. The molecule has 23 heavy (non-hydrogen) atoms. The number of carbonyl (C=O) groups is 1. The number of likely N-dealkylation sites (tertiary alicyclic amines) is 1. The van der Waals surface area contributed by atoms with Crippen molar-refractivity contribution in [3.05, 3.63) is 0 Å². The van der Waals surface area contributed by atoms with Crippen LogP contribution >= 0.6 is 24.8 Å². The van der Waals surface area contributed by atoms with E-state index >= 15 is 0 Å². The lowest BCUT2D eigenvalue weighted by molar-refractivity contribution is -0.147. The van der Waals surface area contributed by atoms with E-state index in [0.717, 1.165) is 39.0 Å². The highest BCUT2D eigenvalue weighted by molar-refractivity contribution is 5.85. The summed E-state index contributed by atoms with van der Waals surface area (Å²) < 4.78 is 5.38. The quantitative estimate of drug-likeness (QED) is 0.799. The number of methoxy groups -OCH3 is 1. The molecule has 2 rings (SSSR count). The molecule has 0 saturated carbocycles. The van der Waals surface area contributed by atoms with E-state index in [-0.39, 0.29) is 36.1 Å². The standard InChI is InChI=1S/C16H31N3O2.2ClH/c1-18-10-4-5-14(11-18)12-19(2)15(20)16(13-21-3)6-8-17-9-7-16;;/h14,17H,4-13H2,1-3H3;2*1H. The minimum atomic E-state index is -0.310. The van der Waals surface area contributed by atoms with Crippen LogP contribution in [0.25, 0.3) is 0 Å². The van der Waals surface area contributed by atoms with Crippen molar-refractivity contribution >= 4 is 30.7 Å². The SMILES string of the molecule is COCC1(C(=O)N(C)CC2CCCN(C)C2)CCNCC1.Cl.Cl. The molecule has 1 N–H and O–H groups in total. The Morgan fingerprint density at radius 2 is 2.00 bits per heavy atom. The molecule has 2 aliphatic heterocycles. The van der Waals surface area contributed by atoms with Gasteiger partial charge in [-0.05, 0) is 58.3 Å². The highest BCUT2D eigenvalue weighted by atomic mass is 35.5. The predicted molar refractivity (Wildman–Crippen MR) is 98.8 cm³/mol. The number of ether oxygens (including phenoxy) is 1. The third-order valence-electron chi connectivity index (χ3n) is 5.04. The van der Waals surface area contributed by atoms with Crippen LogP contribution < -0.4 is 5.32 Å². The summed E-state index contributed by atoms with van der Waals surface area (Å²) in [6.07, 6.45) is 4.25. The molecule has 2 heterocycles. The Hall–Kier alpha value is -0.0700. The number of piperidine rings is 2. The van der Waals surface area contributed by atoms with Gasteiger partial charge < -0.3 is 19.9 Å². The Morgan fingerprint density at radius 3 is 2.57 bits per heavy atom. The molecule has 2 aliphatic rings. The van der Waals surface area contributed by atoms with Crippen molar-refractivity contribution < 1.29 is 9.53 Å². The van der Waals surface area contributed by atoms with Gasteiger partial charge in [-0.25, -0.2) is 0 Å². The fraction of sp³-hybridized carbons (Fsp3) is 0.938. The minimum absolute atomic E-state index is 0. The summed E-state index contributed by atoms with van der Waals surface area (Å²) in [5, 5.41) is 3.35. The number of carbonyl (C=O) groups excluding carboxylic acids is 1. The molecule has 0 bridgehead atoms. The molecule has 0 aromatic carbocycles. The van der Waals surface area contributed by atoms with Crippen molar-refractivity contribution in [2.75, 3.05) is 60.5 Å². The summed E-state index contributed by atoms with van der Waals surface area (Å²) in [4.78, 5) is 17.3. The lowest BCUT2D eigenvalue weighted by Gasteiger charge is -2.40. The van der Waals surface area contributed by atoms with Gasteiger partial charge in [0.25, 0.3) is 0 Å².